The first-order valence-corrected chi connectivity index (χ1v) is 5.90. The van der Waals surface area contributed by atoms with Crippen molar-refractivity contribution in [2.24, 2.45) is 7.05 Å². The third-order valence-corrected chi connectivity index (χ3v) is 3.10. The minimum atomic E-state index is -0.752. The number of aliphatic hydroxyl groups excluding tert-OH is 2. The van der Waals surface area contributed by atoms with Crippen molar-refractivity contribution in [1.82, 2.24) is 9.78 Å². The Morgan fingerprint density at radius 3 is 2.65 bits per heavy atom. The summed E-state index contributed by atoms with van der Waals surface area (Å²) < 4.78 is 1.80. The maximum Gasteiger partial charge on any atom is 0.0855 e. The predicted octanol–water partition coefficient (Wildman–Crippen LogP) is 1.25. The molecule has 1 heterocycles. The van der Waals surface area contributed by atoms with Crippen molar-refractivity contribution in [3.63, 3.8) is 0 Å². The molecule has 92 valence electrons. The number of fused-ring (bicyclic) bond motifs is 1. The lowest BCUT2D eigenvalue weighted by Crippen LogP contribution is -2.27. The van der Waals surface area contributed by atoms with E-state index in [4.69, 9.17) is 0 Å². The summed E-state index contributed by atoms with van der Waals surface area (Å²) in [5, 5.41) is 24.9. The zero-order valence-corrected chi connectivity index (χ0v) is 10.2. The second-order valence-corrected chi connectivity index (χ2v) is 4.33. The van der Waals surface area contributed by atoms with Crippen molar-refractivity contribution in [3.8, 4) is 0 Å². The highest BCUT2D eigenvalue weighted by molar-refractivity contribution is 5.81. The molecule has 2 aromatic rings. The van der Waals surface area contributed by atoms with E-state index in [0.717, 1.165) is 16.6 Å². The normalized spacial score (nSPS) is 15.1. The molecule has 0 saturated heterocycles. The van der Waals surface area contributed by atoms with Crippen LogP contribution in [0.3, 0.4) is 0 Å². The molecular weight excluding hydrogens is 216 g/mol. The maximum absolute atomic E-state index is 9.84. The zero-order valence-electron chi connectivity index (χ0n) is 10.2. The minimum Gasteiger partial charge on any atom is -0.390 e. The van der Waals surface area contributed by atoms with Gasteiger partial charge in [0.25, 0.3) is 0 Å². The number of rotatable bonds is 4. The highest BCUT2D eigenvalue weighted by Gasteiger charge is 2.18. The Morgan fingerprint density at radius 1 is 1.24 bits per heavy atom. The van der Waals surface area contributed by atoms with Gasteiger partial charge in [0.15, 0.2) is 0 Å². The maximum atomic E-state index is 9.84. The van der Waals surface area contributed by atoms with E-state index >= 15 is 0 Å². The lowest BCUT2D eigenvalue weighted by Gasteiger charge is -2.14. The van der Waals surface area contributed by atoms with E-state index in [9.17, 15) is 10.2 Å². The molecule has 2 unspecified atom stereocenters. The van der Waals surface area contributed by atoms with Crippen LogP contribution in [0.15, 0.2) is 24.3 Å². The smallest absolute Gasteiger partial charge is 0.0855 e. The number of aliphatic hydroxyl groups is 2. The van der Waals surface area contributed by atoms with Crippen LogP contribution in [0.25, 0.3) is 10.9 Å². The lowest BCUT2D eigenvalue weighted by atomic mass is 10.0. The van der Waals surface area contributed by atoms with Crippen molar-refractivity contribution < 1.29 is 10.2 Å². The van der Waals surface area contributed by atoms with Crippen LogP contribution in [0.2, 0.25) is 0 Å². The van der Waals surface area contributed by atoms with Gasteiger partial charge in [-0.25, -0.2) is 0 Å². The molecule has 0 bridgehead atoms. The highest BCUT2D eigenvalue weighted by atomic mass is 16.3. The number of benzene rings is 1. The Labute approximate surface area is 100 Å². The zero-order chi connectivity index (χ0) is 12.4. The molecule has 0 spiro atoms. The van der Waals surface area contributed by atoms with Gasteiger partial charge in [-0.1, -0.05) is 25.1 Å². The van der Waals surface area contributed by atoms with E-state index in [1.54, 1.807) is 4.68 Å². The Balaban J connectivity index is 2.30. The molecule has 2 atom stereocenters. The molecule has 1 aromatic carbocycles. The molecule has 2 rings (SSSR count). The first-order chi connectivity index (χ1) is 8.13. The van der Waals surface area contributed by atoms with Gasteiger partial charge >= 0.3 is 0 Å². The Hall–Kier alpha value is -1.39. The van der Waals surface area contributed by atoms with Gasteiger partial charge in [0.2, 0.25) is 0 Å². The van der Waals surface area contributed by atoms with Crippen molar-refractivity contribution in [1.29, 1.82) is 0 Å². The van der Waals surface area contributed by atoms with Gasteiger partial charge in [-0.2, -0.15) is 5.10 Å². The Bertz CT molecular complexity index is 507. The summed E-state index contributed by atoms with van der Waals surface area (Å²) >= 11 is 0. The number of hydrogen-bond donors (Lipinski definition) is 2. The van der Waals surface area contributed by atoms with Crippen LogP contribution in [0.5, 0.6) is 0 Å². The number of aryl methyl sites for hydroxylation is 1. The van der Waals surface area contributed by atoms with E-state index in [2.05, 4.69) is 5.10 Å². The Kier molecular flexibility index (Phi) is 3.45. The highest BCUT2D eigenvalue weighted by Crippen LogP contribution is 2.19. The predicted molar refractivity (Wildman–Crippen MR) is 66.7 cm³/mol. The molecule has 0 fully saturated rings. The third-order valence-electron chi connectivity index (χ3n) is 3.10. The summed E-state index contributed by atoms with van der Waals surface area (Å²) in [6.45, 7) is 1.85. The van der Waals surface area contributed by atoms with Gasteiger partial charge in [0, 0.05) is 18.9 Å². The van der Waals surface area contributed by atoms with Gasteiger partial charge < -0.3 is 10.2 Å². The molecule has 0 aliphatic rings. The van der Waals surface area contributed by atoms with Crippen LogP contribution in [0.4, 0.5) is 0 Å². The quantitative estimate of drug-likeness (QED) is 0.837. The molecule has 17 heavy (non-hydrogen) atoms. The van der Waals surface area contributed by atoms with Gasteiger partial charge in [-0.3, -0.25) is 4.68 Å². The van der Waals surface area contributed by atoms with E-state index in [0.29, 0.717) is 12.8 Å². The molecule has 4 nitrogen and oxygen atoms in total. The van der Waals surface area contributed by atoms with Crippen molar-refractivity contribution in [2.75, 3.05) is 0 Å². The minimum absolute atomic E-state index is 0.385. The van der Waals surface area contributed by atoms with Gasteiger partial charge in [-0.15, -0.1) is 0 Å². The van der Waals surface area contributed by atoms with Gasteiger partial charge in [-0.05, 0) is 12.5 Å². The fraction of sp³-hybridized carbons (Fsp3) is 0.462. The summed E-state index contributed by atoms with van der Waals surface area (Å²) in [6.07, 6.45) is -0.503. The Morgan fingerprint density at radius 2 is 1.94 bits per heavy atom. The second kappa shape index (κ2) is 4.85. The van der Waals surface area contributed by atoms with Crippen LogP contribution in [0, 0.1) is 0 Å². The van der Waals surface area contributed by atoms with Crippen molar-refractivity contribution >= 4 is 10.9 Å². The standard InChI is InChI=1S/C13H18N2O2/c1-3-12(16)13(17)8-10-9-6-4-5-7-11(9)15(2)14-10/h4-7,12-13,16-17H,3,8H2,1-2H3. The van der Waals surface area contributed by atoms with Crippen molar-refractivity contribution in [3.05, 3.63) is 30.0 Å². The topological polar surface area (TPSA) is 58.3 Å². The molecular formula is C13H18N2O2. The van der Waals surface area contributed by atoms with E-state index in [-0.39, 0.29) is 0 Å². The molecule has 0 amide bonds. The van der Waals surface area contributed by atoms with Crippen LogP contribution in [-0.4, -0.2) is 32.2 Å². The molecule has 0 radical (unpaired) electrons. The first kappa shape index (κ1) is 12.1. The van der Waals surface area contributed by atoms with Crippen LogP contribution < -0.4 is 0 Å². The fourth-order valence-electron chi connectivity index (χ4n) is 2.05. The molecule has 1 aromatic heterocycles. The van der Waals surface area contributed by atoms with Gasteiger partial charge in [0.1, 0.15) is 0 Å². The number of nitrogens with zero attached hydrogens (tertiary/aromatic N) is 2. The number of hydrogen-bond acceptors (Lipinski definition) is 3. The average molecular weight is 234 g/mol. The number of aromatic nitrogens is 2. The van der Waals surface area contributed by atoms with E-state index in [1.807, 2.05) is 38.2 Å². The van der Waals surface area contributed by atoms with E-state index < -0.39 is 12.2 Å². The molecule has 0 aliphatic heterocycles. The third kappa shape index (κ3) is 2.33. The SMILES string of the molecule is CCC(O)C(O)Cc1nn(C)c2ccccc12. The molecule has 0 saturated carbocycles. The summed E-state index contributed by atoms with van der Waals surface area (Å²) in [7, 11) is 1.88. The van der Waals surface area contributed by atoms with Crippen LogP contribution in [-0.2, 0) is 13.5 Å². The first-order valence-electron chi connectivity index (χ1n) is 5.90. The molecule has 0 aliphatic carbocycles. The largest absolute Gasteiger partial charge is 0.390 e. The monoisotopic (exact) mass is 234 g/mol. The lowest BCUT2D eigenvalue weighted by molar-refractivity contribution is 0.0177. The number of para-hydroxylation sites is 1. The molecule has 4 heteroatoms. The summed E-state index contributed by atoms with van der Waals surface area (Å²) in [5.41, 5.74) is 1.88. The summed E-state index contributed by atoms with van der Waals surface area (Å²) in [6, 6.07) is 7.90. The average Bonchev–Trinajstić information content (AvgIpc) is 2.66. The summed E-state index contributed by atoms with van der Waals surface area (Å²) in [4.78, 5) is 0. The van der Waals surface area contributed by atoms with E-state index in [1.165, 1.54) is 0 Å². The van der Waals surface area contributed by atoms with Gasteiger partial charge in [0.05, 0.1) is 23.4 Å². The van der Waals surface area contributed by atoms with Crippen molar-refractivity contribution in [2.45, 2.75) is 32.0 Å². The van der Waals surface area contributed by atoms with Crippen LogP contribution in [0.1, 0.15) is 19.0 Å². The second-order valence-electron chi connectivity index (χ2n) is 4.33. The summed E-state index contributed by atoms with van der Waals surface area (Å²) in [5.74, 6) is 0. The fourth-order valence-corrected chi connectivity index (χ4v) is 2.05. The molecule has 2 N–H and O–H groups in total. The van der Waals surface area contributed by atoms with Crippen LogP contribution >= 0.6 is 0 Å².